The Hall–Kier alpha value is -3.75. The summed E-state index contributed by atoms with van der Waals surface area (Å²) in [7, 11) is 0. The number of benzene rings is 2. The fourth-order valence-electron chi connectivity index (χ4n) is 3.15. The molecule has 0 fully saturated rings. The number of hydrogen-bond donors (Lipinski definition) is 3. The second kappa shape index (κ2) is 11.1. The Balaban J connectivity index is 2.40. The molecule has 2 amide bonds. The fourth-order valence-corrected chi connectivity index (χ4v) is 3.15. The van der Waals surface area contributed by atoms with Crippen LogP contribution in [0.15, 0.2) is 48.5 Å². The van der Waals surface area contributed by atoms with E-state index in [1.807, 2.05) is 12.1 Å². The number of nitrogen functional groups attached to an aromatic ring is 2. The second-order valence-electron chi connectivity index (χ2n) is 10.3. The summed E-state index contributed by atoms with van der Waals surface area (Å²) >= 11 is 0. The fraction of sp³-hybridized carbons (Fsp3) is 0.423. The van der Waals surface area contributed by atoms with Gasteiger partial charge in [-0.05, 0) is 83.4 Å². The van der Waals surface area contributed by atoms with Crippen LogP contribution in [0, 0.1) is 5.41 Å². The lowest BCUT2D eigenvalue weighted by Crippen LogP contribution is -2.51. The minimum atomic E-state index is -0.802. The molecule has 0 heterocycles. The van der Waals surface area contributed by atoms with Crippen molar-refractivity contribution in [3.8, 4) is 0 Å². The number of carbonyl (C=O) groups is 2. The van der Waals surface area contributed by atoms with E-state index in [0.29, 0.717) is 23.4 Å². The van der Waals surface area contributed by atoms with Crippen molar-refractivity contribution < 1.29 is 19.1 Å². The van der Waals surface area contributed by atoms with Gasteiger partial charge in [0.2, 0.25) is 5.96 Å². The number of nitrogens with one attached hydrogen (secondary N) is 1. The summed E-state index contributed by atoms with van der Waals surface area (Å²) in [4.78, 5) is 28.5. The molecule has 0 aliphatic carbocycles. The number of guanidine groups is 1. The van der Waals surface area contributed by atoms with Gasteiger partial charge in [0.05, 0.1) is 6.54 Å². The van der Waals surface area contributed by atoms with Crippen LogP contribution < -0.4 is 11.5 Å². The highest BCUT2D eigenvalue weighted by Gasteiger charge is 2.33. The Morgan fingerprint density at radius 2 is 1.26 bits per heavy atom. The molecule has 0 aliphatic heterocycles. The number of nitrogens with zero attached hydrogens (tertiary/aromatic N) is 2. The predicted molar refractivity (Wildman–Crippen MR) is 138 cm³/mol. The lowest BCUT2D eigenvalue weighted by Gasteiger charge is -2.33. The molecule has 0 saturated carbocycles. The van der Waals surface area contributed by atoms with Crippen LogP contribution in [0.2, 0.25) is 0 Å². The van der Waals surface area contributed by atoms with Gasteiger partial charge in [0.15, 0.2) is 0 Å². The number of rotatable bonds is 5. The van der Waals surface area contributed by atoms with Gasteiger partial charge in [-0.1, -0.05) is 24.3 Å². The van der Waals surface area contributed by atoms with E-state index >= 15 is 0 Å². The van der Waals surface area contributed by atoms with E-state index in [2.05, 4.69) is 0 Å². The number of nitrogens with two attached hydrogens (primary N) is 2. The molecular weight excluding hydrogens is 446 g/mol. The summed E-state index contributed by atoms with van der Waals surface area (Å²) in [6.45, 7) is 10.5. The largest absolute Gasteiger partial charge is 0.443 e. The van der Waals surface area contributed by atoms with E-state index < -0.39 is 23.4 Å². The van der Waals surface area contributed by atoms with Gasteiger partial charge in [-0.2, -0.15) is 0 Å². The van der Waals surface area contributed by atoms with Crippen molar-refractivity contribution in [1.29, 1.82) is 5.41 Å². The third kappa shape index (κ3) is 9.19. The molecule has 5 N–H and O–H groups in total. The molecule has 0 aliphatic rings. The molecule has 0 spiro atoms. The first-order valence-corrected chi connectivity index (χ1v) is 11.4. The topological polar surface area (TPSA) is 135 Å². The van der Waals surface area contributed by atoms with Crippen molar-refractivity contribution in [2.75, 3.05) is 18.0 Å². The Morgan fingerprint density at radius 3 is 1.74 bits per heavy atom. The molecule has 0 aromatic heterocycles. The second-order valence-corrected chi connectivity index (χ2v) is 10.3. The van der Waals surface area contributed by atoms with E-state index in [-0.39, 0.29) is 19.0 Å². The monoisotopic (exact) mass is 483 g/mol. The molecule has 0 bridgehead atoms. The molecular formula is C26H37N5O4. The zero-order valence-electron chi connectivity index (χ0n) is 21.4. The highest BCUT2D eigenvalue weighted by atomic mass is 16.6. The van der Waals surface area contributed by atoms with Crippen molar-refractivity contribution in [3.63, 3.8) is 0 Å². The number of anilines is 2. The average Bonchev–Trinajstić information content (AvgIpc) is 2.69. The molecule has 0 atom stereocenters. The van der Waals surface area contributed by atoms with E-state index in [0.717, 1.165) is 15.4 Å². The van der Waals surface area contributed by atoms with Crippen molar-refractivity contribution >= 4 is 29.5 Å². The lowest BCUT2D eigenvalue weighted by molar-refractivity contribution is 0.0268. The normalized spacial score (nSPS) is 11.5. The first kappa shape index (κ1) is 27.5. The number of ether oxygens (including phenoxy) is 2. The van der Waals surface area contributed by atoms with Crippen LogP contribution in [0.1, 0.15) is 52.7 Å². The SMILES string of the molecule is CC(C)(C)OC(=O)N(CCc1cccc(N)c1)C(=N)N(Cc1cccc(N)c1)C(=O)OC(C)(C)C. The lowest BCUT2D eigenvalue weighted by atomic mass is 10.1. The van der Waals surface area contributed by atoms with Gasteiger partial charge in [0.1, 0.15) is 11.2 Å². The standard InChI is InChI=1S/C26H37N5O4/c1-25(2,3)34-23(32)30(14-13-18-9-7-11-20(27)15-18)22(29)31(24(33)35-26(4,5)6)17-19-10-8-12-21(28)16-19/h7-12,15-16,29H,13-14,17,27-28H2,1-6H3. The molecule has 0 radical (unpaired) electrons. The van der Waals surface area contributed by atoms with Gasteiger partial charge in [0.25, 0.3) is 0 Å². The van der Waals surface area contributed by atoms with Crippen molar-refractivity contribution in [3.05, 3.63) is 59.7 Å². The third-order valence-electron chi connectivity index (χ3n) is 4.61. The zero-order chi connectivity index (χ0) is 26.4. The minimum absolute atomic E-state index is 0.0175. The highest BCUT2D eigenvalue weighted by molar-refractivity contribution is 6.00. The Labute approximate surface area is 207 Å². The van der Waals surface area contributed by atoms with Gasteiger partial charge in [-0.25, -0.2) is 19.4 Å². The number of amides is 2. The van der Waals surface area contributed by atoms with E-state index in [1.165, 1.54) is 0 Å². The predicted octanol–water partition coefficient (Wildman–Crippen LogP) is 5.00. The average molecular weight is 484 g/mol. The van der Waals surface area contributed by atoms with Crippen LogP contribution in [-0.4, -0.2) is 45.7 Å². The van der Waals surface area contributed by atoms with Crippen molar-refractivity contribution in [1.82, 2.24) is 9.80 Å². The molecule has 190 valence electrons. The van der Waals surface area contributed by atoms with Crippen LogP contribution >= 0.6 is 0 Å². The molecule has 35 heavy (non-hydrogen) atoms. The van der Waals surface area contributed by atoms with E-state index in [4.69, 9.17) is 26.4 Å². The highest BCUT2D eigenvalue weighted by Crippen LogP contribution is 2.18. The maximum atomic E-state index is 13.2. The summed E-state index contributed by atoms with van der Waals surface area (Å²) in [5.74, 6) is -0.361. The Kier molecular flexibility index (Phi) is 8.73. The summed E-state index contributed by atoms with van der Waals surface area (Å²) in [5.41, 5.74) is 12.9. The van der Waals surface area contributed by atoms with Crippen molar-refractivity contribution in [2.24, 2.45) is 0 Å². The first-order valence-electron chi connectivity index (χ1n) is 11.4. The molecule has 2 rings (SSSR count). The van der Waals surface area contributed by atoms with Gasteiger partial charge < -0.3 is 20.9 Å². The summed E-state index contributed by atoms with van der Waals surface area (Å²) < 4.78 is 11.1. The Bertz CT molecular complexity index is 1060. The smallest absolute Gasteiger partial charge is 0.417 e. The first-order chi connectivity index (χ1) is 16.1. The van der Waals surface area contributed by atoms with Gasteiger partial charge in [-0.3, -0.25) is 5.41 Å². The molecule has 9 heteroatoms. The third-order valence-corrected chi connectivity index (χ3v) is 4.61. The van der Waals surface area contributed by atoms with Crippen molar-refractivity contribution in [2.45, 2.75) is 65.7 Å². The minimum Gasteiger partial charge on any atom is -0.443 e. The molecule has 9 nitrogen and oxygen atoms in total. The molecule has 2 aromatic carbocycles. The molecule has 2 aromatic rings. The van der Waals surface area contributed by atoms with Gasteiger partial charge in [-0.15, -0.1) is 0 Å². The molecule has 0 saturated heterocycles. The maximum absolute atomic E-state index is 13.2. The number of hydrogen-bond acceptors (Lipinski definition) is 7. The Morgan fingerprint density at radius 1 is 0.800 bits per heavy atom. The van der Waals surface area contributed by atoms with E-state index in [9.17, 15) is 9.59 Å². The van der Waals surface area contributed by atoms with Crippen LogP contribution in [-0.2, 0) is 22.4 Å². The van der Waals surface area contributed by atoms with Gasteiger partial charge >= 0.3 is 12.2 Å². The number of carbonyl (C=O) groups excluding carboxylic acids is 2. The van der Waals surface area contributed by atoms with Crippen LogP contribution in [0.4, 0.5) is 21.0 Å². The zero-order valence-corrected chi connectivity index (χ0v) is 21.4. The van der Waals surface area contributed by atoms with Crippen LogP contribution in [0.5, 0.6) is 0 Å². The quantitative estimate of drug-likeness (QED) is 0.311. The van der Waals surface area contributed by atoms with E-state index in [1.54, 1.807) is 77.9 Å². The van der Waals surface area contributed by atoms with Gasteiger partial charge in [0, 0.05) is 17.9 Å². The van der Waals surface area contributed by atoms with Crippen LogP contribution in [0.25, 0.3) is 0 Å². The van der Waals surface area contributed by atoms with Crippen LogP contribution in [0.3, 0.4) is 0 Å². The molecule has 0 unspecified atom stereocenters. The summed E-state index contributed by atoms with van der Waals surface area (Å²) in [5, 5.41) is 8.88. The maximum Gasteiger partial charge on any atom is 0.417 e. The summed E-state index contributed by atoms with van der Waals surface area (Å²) in [6.07, 6.45) is -1.11. The summed E-state index contributed by atoms with van der Waals surface area (Å²) in [6, 6.07) is 14.2.